The van der Waals surface area contributed by atoms with E-state index < -0.39 is 0 Å². The summed E-state index contributed by atoms with van der Waals surface area (Å²) >= 11 is 4.90. The molecule has 124 valence electrons. The van der Waals surface area contributed by atoms with Gasteiger partial charge in [0.1, 0.15) is 0 Å². The molecule has 2 aromatic rings. The highest BCUT2D eigenvalue weighted by Gasteiger charge is 2.08. The summed E-state index contributed by atoms with van der Waals surface area (Å²) in [6.07, 6.45) is 7.73. The number of amides is 1. The Morgan fingerprint density at radius 1 is 1.13 bits per heavy atom. The van der Waals surface area contributed by atoms with Crippen LogP contribution in [0.4, 0.5) is 5.13 Å². The Kier molecular flexibility index (Phi) is 7.76. The zero-order valence-electron chi connectivity index (χ0n) is 13.5. The van der Waals surface area contributed by atoms with Crippen molar-refractivity contribution >= 4 is 38.3 Å². The molecule has 5 heteroatoms. The number of unbranched alkanes of at least 4 members (excludes halogenated alkanes) is 5. The van der Waals surface area contributed by atoms with Gasteiger partial charge in [-0.05, 0) is 18.6 Å². The fourth-order valence-electron chi connectivity index (χ4n) is 2.33. The number of carbonyl (C=O) groups is 1. The maximum absolute atomic E-state index is 11.9. The summed E-state index contributed by atoms with van der Waals surface area (Å²) in [5.41, 5.74) is 1.96. The van der Waals surface area contributed by atoms with Crippen molar-refractivity contribution in [1.29, 1.82) is 0 Å². The third-order valence-corrected chi connectivity index (χ3v) is 4.93. The second-order valence-electron chi connectivity index (χ2n) is 5.61. The summed E-state index contributed by atoms with van der Waals surface area (Å²) in [7, 11) is 0. The molecule has 3 nitrogen and oxygen atoms in total. The lowest BCUT2D eigenvalue weighted by Crippen LogP contribution is -2.10. The predicted octanol–water partition coefficient (Wildman–Crippen LogP) is 6.26. The van der Waals surface area contributed by atoms with E-state index in [0.29, 0.717) is 11.6 Å². The minimum atomic E-state index is 0.0668. The van der Waals surface area contributed by atoms with Crippen LogP contribution in [0.25, 0.3) is 11.3 Å². The summed E-state index contributed by atoms with van der Waals surface area (Å²) in [5, 5.41) is 5.56. The Morgan fingerprint density at radius 3 is 2.57 bits per heavy atom. The quantitative estimate of drug-likeness (QED) is 0.509. The Bertz CT molecular complexity index is 610. The Labute approximate surface area is 150 Å². The van der Waals surface area contributed by atoms with Gasteiger partial charge in [-0.15, -0.1) is 11.3 Å². The molecule has 0 spiro atoms. The summed E-state index contributed by atoms with van der Waals surface area (Å²) < 4.78 is 1.05. The lowest BCUT2D eigenvalue weighted by atomic mass is 10.1. The van der Waals surface area contributed by atoms with Gasteiger partial charge in [-0.3, -0.25) is 4.79 Å². The highest BCUT2D eigenvalue weighted by Crippen LogP contribution is 2.26. The normalized spacial score (nSPS) is 10.7. The number of halogens is 1. The molecule has 1 N–H and O–H groups in total. The smallest absolute Gasteiger partial charge is 0.226 e. The highest BCUT2D eigenvalue weighted by atomic mass is 79.9. The van der Waals surface area contributed by atoms with Crippen molar-refractivity contribution in [2.24, 2.45) is 0 Å². The van der Waals surface area contributed by atoms with Crippen LogP contribution in [0.5, 0.6) is 0 Å². The molecular formula is C18H23BrN2OS. The van der Waals surface area contributed by atoms with Crippen molar-refractivity contribution in [2.75, 3.05) is 5.32 Å². The molecule has 0 atom stereocenters. The molecule has 0 radical (unpaired) electrons. The highest BCUT2D eigenvalue weighted by molar-refractivity contribution is 9.10. The van der Waals surface area contributed by atoms with Gasteiger partial charge in [-0.2, -0.15) is 0 Å². The Morgan fingerprint density at radius 2 is 1.83 bits per heavy atom. The number of anilines is 1. The van der Waals surface area contributed by atoms with E-state index in [9.17, 15) is 4.79 Å². The topological polar surface area (TPSA) is 42.0 Å². The van der Waals surface area contributed by atoms with Crippen LogP contribution in [0.1, 0.15) is 51.9 Å². The van der Waals surface area contributed by atoms with Gasteiger partial charge < -0.3 is 5.32 Å². The molecule has 1 heterocycles. The van der Waals surface area contributed by atoms with Crippen LogP contribution < -0.4 is 5.32 Å². The molecule has 23 heavy (non-hydrogen) atoms. The fourth-order valence-corrected chi connectivity index (χ4v) is 3.33. The molecule has 0 saturated heterocycles. The Hall–Kier alpha value is -1.20. The lowest BCUT2D eigenvalue weighted by Gasteiger charge is -2.02. The van der Waals surface area contributed by atoms with E-state index in [-0.39, 0.29) is 5.91 Å². The number of nitrogens with one attached hydrogen (secondary N) is 1. The van der Waals surface area contributed by atoms with E-state index in [1.807, 2.05) is 29.6 Å². The number of thiazole rings is 1. The molecule has 0 aliphatic rings. The molecular weight excluding hydrogens is 372 g/mol. The first-order valence-corrected chi connectivity index (χ1v) is 9.87. The zero-order chi connectivity index (χ0) is 16.5. The monoisotopic (exact) mass is 394 g/mol. The van der Waals surface area contributed by atoms with Gasteiger partial charge >= 0.3 is 0 Å². The second-order valence-corrected chi connectivity index (χ2v) is 7.38. The molecule has 0 aliphatic carbocycles. The average Bonchev–Trinajstić information content (AvgIpc) is 3.00. The van der Waals surface area contributed by atoms with Crippen LogP contribution in [0.15, 0.2) is 34.1 Å². The van der Waals surface area contributed by atoms with E-state index in [0.717, 1.165) is 28.6 Å². The number of nitrogens with zero attached hydrogens (tertiary/aromatic N) is 1. The van der Waals surface area contributed by atoms with Crippen LogP contribution in [-0.4, -0.2) is 10.9 Å². The average molecular weight is 395 g/mol. The van der Waals surface area contributed by atoms with Gasteiger partial charge in [0.2, 0.25) is 5.91 Å². The first kappa shape index (κ1) is 18.1. The van der Waals surface area contributed by atoms with Crippen LogP contribution in [0, 0.1) is 0 Å². The molecule has 1 aromatic carbocycles. The van der Waals surface area contributed by atoms with Crippen molar-refractivity contribution in [1.82, 2.24) is 4.98 Å². The van der Waals surface area contributed by atoms with E-state index in [4.69, 9.17) is 0 Å². The molecule has 1 amide bonds. The summed E-state index contributed by atoms with van der Waals surface area (Å²) in [6.45, 7) is 2.21. The van der Waals surface area contributed by atoms with Gasteiger partial charge in [-0.1, -0.05) is 67.1 Å². The van der Waals surface area contributed by atoms with E-state index >= 15 is 0 Å². The van der Waals surface area contributed by atoms with Crippen molar-refractivity contribution in [3.05, 3.63) is 34.1 Å². The van der Waals surface area contributed by atoms with Gasteiger partial charge in [0.05, 0.1) is 5.69 Å². The number of hydrogen-bond acceptors (Lipinski definition) is 3. The van der Waals surface area contributed by atoms with Gasteiger partial charge in [0, 0.05) is 21.8 Å². The standard InChI is InChI=1S/C18H23BrN2OS/c1-2-3-4-5-6-7-8-17(22)21-18-20-16(13-23-18)14-9-11-15(19)12-10-14/h9-13H,2-8H2,1H3,(H,20,21,22). The number of benzene rings is 1. The molecule has 0 saturated carbocycles. The van der Waals surface area contributed by atoms with Crippen molar-refractivity contribution in [2.45, 2.75) is 51.9 Å². The fraction of sp³-hybridized carbons (Fsp3) is 0.444. The molecule has 0 unspecified atom stereocenters. The summed E-state index contributed by atoms with van der Waals surface area (Å²) in [4.78, 5) is 16.4. The van der Waals surface area contributed by atoms with E-state index in [1.54, 1.807) is 0 Å². The summed E-state index contributed by atoms with van der Waals surface area (Å²) in [6, 6.07) is 8.01. The van der Waals surface area contributed by atoms with Gasteiger partial charge in [0.15, 0.2) is 5.13 Å². The number of carbonyl (C=O) groups excluding carboxylic acids is 1. The van der Waals surface area contributed by atoms with Crippen LogP contribution >= 0.6 is 27.3 Å². The van der Waals surface area contributed by atoms with E-state index in [1.165, 1.54) is 37.0 Å². The number of hydrogen-bond donors (Lipinski definition) is 1. The lowest BCUT2D eigenvalue weighted by molar-refractivity contribution is -0.116. The predicted molar refractivity (Wildman–Crippen MR) is 102 cm³/mol. The van der Waals surface area contributed by atoms with Crippen molar-refractivity contribution in [3.63, 3.8) is 0 Å². The molecule has 0 aliphatic heterocycles. The SMILES string of the molecule is CCCCCCCCC(=O)Nc1nc(-c2ccc(Br)cc2)cs1. The zero-order valence-corrected chi connectivity index (χ0v) is 15.9. The maximum Gasteiger partial charge on any atom is 0.226 e. The molecule has 0 bridgehead atoms. The third-order valence-electron chi connectivity index (χ3n) is 3.65. The van der Waals surface area contributed by atoms with Gasteiger partial charge in [0.25, 0.3) is 0 Å². The molecule has 2 rings (SSSR count). The first-order valence-electron chi connectivity index (χ1n) is 8.20. The molecule has 1 aromatic heterocycles. The minimum Gasteiger partial charge on any atom is -0.302 e. The number of rotatable bonds is 9. The summed E-state index contributed by atoms with van der Waals surface area (Å²) in [5.74, 6) is 0.0668. The second kappa shape index (κ2) is 9.83. The third kappa shape index (κ3) is 6.43. The van der Waals surface area contributed by atoms with Crippen molar-refractivity contribution < 1.29 is 4.79 Å². The van der Waals surface area contributed by atoms with Crippen LogP contribution in [-0.2, 0) is 4.79 Å². The Balaban J connectivity index is 1.75. The van der Waals surface area contributed by atoms with Crippen LogP contribution in [0.3, 0.4) is 0 Å². The first-order chi connectivity index (χ1) is 11.2. The largest absolute Gasteiger partial charge is 0.302 e. The van der Waals surface area contributed by atoms with Crippen LogP contribution in [0.2, 0.25) is 0 Å². The van der Waals surface area contributed by atoms with Crippen molar-refractivity contribution in [3.8, 4) is 11.3 Å². The number of aromatic nitrogens is 1. The maximum atomic E-state index is 11.9. The van der Waals surface area contributed by atoms with E-state index in [2.05, 4.69) is 33.2 Å². The molecule has 0 fully saturated rings. The van der Waals surface area contributed by atoms with Gasteiger partial charge in [-0.25, -0.2) is 4.98 Å². The minimum absolute atomic E-state index is 0.0668.